The van der Waals surface area contributed by atoms with Crippen molar-refractivity contribution in [1.82, 2.24) is 0 Å². The number of aryl methyl sites for hydroxylation is 1. The molecule has 1 aromatic carbocycles. The van der Waals surface area contributed by atoms with Gasteiger partial charge in [-0.15, -0.1) is 0 Å². The molecule has 0 spiro atoms. The van der Waals surface area contributed by atoms with E-state index in [0.29, 0.717) is 16.6 Å². The number of hydrogen-bond donors (Lipinski definition) is 0. The van der Waals surface area contributed by atoms with Crippen molar-refractivity contribution >= 4 is 23.9 Å². The lowest BCUT2D eigenvalue weighted by Gasteiger charge is -2.45. The number of carbonyl (C=O) groups excluding carboxylic acids is 1. The molecule has 0 aromatic heterocycles. The summed E-state index contributed by atoms with van der Waals surface area (Å²) in [7, 11) is -5.98. The van der Waals surface area contributed by atoms with Crippen LogP contribution < -0.4 is 0 Å². The van der Waals surface area contributed by atoms with Gasteiger partial charge in [0.15, 0.2) is 9.84 Å². The van der Waals surface area contributed by atoms with Crippen LogP contribution >= 0.6 is 0 Å². The van der Waals surface area contributed by atoms with E-state index in [-0.39, 0.29) is 23.9 Å². The molecule has 1 aromatic rings. The summed E-state index contributed by atoms with van der Waals surface area (Å²) >= 11 is 0. The van der Waals surface area contributed by atoms with Gasteiger partial charge in [0, 0.05) is 5.41 Å². The highest BCUT2D eigenvalue weighted by Gasteiger charge is 2.47. The first-order chi connectivity index (χ1) is 12.9. The predicted octanol–water partition coefficient (Wildman–Crippen LogP) is 5.82. The Morgan fingerprint density at radius 1 is 1.00 bits per heavy atom. The van der Waals surface area contributed by atoms with Crippen molar-refractivity contribution in [3.63, 3.8) is 0 Å². The molecule has 0 saturated heterocycles. The maximum absolute atomic E-state index is 13.2. The van der Waals surface area contributed by atoms with Crippen molar-refractivity contribution in [3.8, 4) is 0 Å². The van der Waals surface area contributed by atoms with Crippen LogP contribution in [-0.2, 0) is 19.4 Å². The van der Waals surface area contributed by atoms with Gasteiger partial charge >= 0.3 is 5.97 Å². The highest BCUT2D eigenvalue weighted by molar-refractivity contribution is 7.94. The van der Waals surface area contributed by atoms with Crippen molar-refractivity contribution in [1.29, 1.82) is 0 Å². The number of rotatable bonds is 9. The van der Waals surface area contributed by atoms with Gasteiger partial charge in [-0.3, -0.25) is 4.79 Å². The lowest BCUT2D eigenvalue weighted by atomic mass is 10.2. The number of sulfone groups is 1. The van der Waals surface area contributed by atoms with E-state index in [1.54, 1.807) is 31.2 Å². The summed E-state index contributed by atoms with van der Waals surface area (Å²) < 4.78 is 31.6. The molecule has 0 heterocycles. The van der Waals surface area contributed by atoms with Crippen LogP contribution in [0.2, 0.25) is 16.6 Å². The van der Waals surface area contributed by atoms with Gasteiger partial charge < -0.3 is 4.74 Å². The molecule has 1 rings (SSSR count). The number of benzene rings is 1. The first kappa shape index (κ1) is 24.6. The second-order valence-corrected chi connectivity index (χ2v) is 16.1. The standard InChI is InChI=1S/C22H36O4SSi/c1-9-26-22(23)14-21(28(16(2)3,17(4)5)18(6)7)15-27(24,25)20-12-10-19(8)11-13-20/h10-13,15-18H,9,14H2,1-8H3/b21-15+. The van der Waals surface area contributed by atoms with Gasteiger partial charge in [0.2, 0.25) is 0 Å². The van der Waals surface area contributed by atoms with E-state index >= 15 is 0 Å². The topological polar surface area (TPSA) is 60.4 Å². The molecule has 158 valence electrons. The monoisotopic (exact) mass is 424 g/mol. The minimum Gasteiger partial charge on any atom is -0.466 e. The van der Waals surface area contributed by atoms with Crippen molar-refractivity contribution in [3.05, 3.63) is 40.4 Å². The Morgan fingerprint density at radius 2 is 1.46 bits per heavy atom. The molecule has 0 aliphatic rings. The summed E-state index contributed by atoms with van der Waals surface area (Å²) in [5, 5.41) is 2.16. The average Bonchev–Trinajstić information content (AvgIpc) is 2.54. The molecule has 6 heteroatoms. The SMILES string of the molecule is CCOC(=O)C/C(=C\S(=O)(=O)c1ccc(C)cc1)[Si](C(C)C)(C(C)C)C(C)C. The number of esters is 1. The second-order valence-electron chi connectivity index (χ2n) is 8.38. The molecule has 0 N–H and O–H groups in total. The van der Waals surface area contributed by atoms with Crippen LogP contribution in [0.3, 0.4) is 0 Å². The Balaban J connectivity index is 3.68. The van der Waals surface area contributed by atoms with Gasteiger partial charge in [0.05, 0.1) is 26.0 Å². The van der Waals surface area contributed by atoms with Crippen LogP contribution in [0.5, 0.6) is 0 Å². The fraction of sp³-hybridized carbons (Fsp3) is 0.591. The van der Waals surface area contributed by atoms with E-state index in [4.69, 9.17) is 4.74 Å². The third-order valence-corrected chi connectivity index (χ3v) is 14.6. The summed E-state index contributed by atoms with van der Waals surface area (Å²) in [6.45, 7) is 16.9. The third kappa shape index (κ3) is 5.35. The Bertz CT molecular complexity index is 769. The largest absolute Gasteiger partial charge is 0.466 e. The Morgan fingerprint density at radius 3 is 1.86 bits per heavy atom. The molecular formula is C22H36O4SSi. The Kier molecular flexibility index (Phi) is 8.69. The number of ether oxygens (including phenoxy) is 1. The zero-order chi connectivity index (χ0) is 21.7. The van der Waals surface area contributed by atoms with Crippen LogP contribution in [0.4, 0.5) is 0 Å². The quantitative estimate of drug-likeness (QED) is 0.370. The molecule has 0 unspecified atom stereocenters. The number of hydrogen-bond acceptors (Lipinski definition) is 4. The molecule has 28 heavy (non-hydrogen) atoms. The molecule has 0 atom stereocenters. The summed E-state index contributed by atoms with van der Waals surface area (Å²) in [5.41, 5.74) is 1.88. The van der Waals surface area contributed by atoms with Gasteiger partial charge in [-0.2, -0.15) is 0 Å². The first-order valence-corrected chi connectivity index (χ1v) is 13.9. The van der Waals surface area contributed by atoms with E-state index in [1.165, 1.54) is 5.41 Å². The molecule has 0 aliphatic heterocycles. The summed E-state index contributed by atoms with van der Waals surface area (Å²) in [5.74, 6) is -0.355. The molecule has 0 amide bonds. The molecule has 0 radical (unpaired) electrons. The van der Waals surface area contributed by atoms with Gasteiger partial charge in [0.25, 0.3) is 0 Å². The summed E-state index contributed by atoms with van der Waals surface area (Å²) in [6.07, 6.45) is 0.0414. The lowest BCUT2D eigenvalue weighted by Crippen LogP contribution is -2.47. The van der Waals surface area contributed by atoms with E-state index in [0.717, 1.165) is 10.8 Å². The summed E-state index contributed by atoms with van der Waals surface area (Å²) in [6, 6.07) is 6.85. The average molecular weight is 425 g/mol. The van der Waals surface area contributed by atoms with Crippen molar-refractivity contribution < 1.29 is 17.9 Å². The smallest absolute Gasteiger partial charge is 0.309 e. The normalized spacial score (nSPS) is 13.5. The second kappa shape index (κ2) is 9.88. The van der Waals surface area contributed by atoms with Crippen molar-refractivity contribution in [2.24, 2.45) is 0 Å². The maximum atomic E-state index is 13.2. The van der Waals surface area contributed by atoms with Gasteiger partial charge in [-0.25, -0.2) is 8.42 Å². The van der Waals surface area contributed by atoms with E-state index in [1.807, 2.05) is 6.92 Å². The van der Waals surface area contributed by atoms with E-state index in [2.05, 4.69) is 41.5 Å². The third-order valence-electron chi connectivity index (χ3n) is 5.71. The van der Waals surface area contributed by atoms with Gasteiger partial charge in [-0.1, -0.05) is 64.4 Å². The molecule has 0 saturated carbocycles. The number of carbonyl (C=O) groups is 1. The Hall–Kier alpha value is -1.40. The molecular weight excluding hydrogens is 388 g/mol. The van der Waals surface area contributed by atoms with Crippen molar-refractivity contribution in [2.45, 2.75) is 83.3 Å². The maximum Gasteiger partial charge on any atom is 0.309 e. The van der Waals surface area contributed by atoms with E-state index < -0.39 is 17.9 Å². The minimum atomic E-state index is -3.66. The van der Waals surface area contributed by atoms with Crippen LogP contribution in [0.15, 0.2) is 39.8 Å². The van der Waals surface area contributed by atoms with Crippen LogP contribution in [0.1, 0.15) is 60.5 Å². The highest BCUT2D eigenvalue weighted by atomic mass is 32.2. The minimum absolute atomic E-state index is 0.0414. The lowest BCUT2D eigenvalue weighted by molar-refractivity contribution is -0.142. The van der Waals surface area contributed by atoms with Gasteiger partial charge in [0.1, 0.15) is 0 Å². The van der Waals surface area contributed by atoms with E-state index in [9.17, 15) is 13.2 Å². The fourth-order valence-electron chi connectivity index (χ4n) is 4.76. The fourth-order valence-corrected chi connectivity index (χ4v) is 13.8. The predicted molar refractivity (Wildman–Crippen MR) is 119 cm³/mol. The summed E-state index contributed by atoms with van der Waals surface area (Å²) in [4.78, 5) is 12.7. The highest BCUT2D eigenvalue weighted by Crippen LogP contribution is 2.48. The van der Waals surface area contributed by atoms with Gasteiger partial charge in [-0.05, 0) is 42.6 Å². The first-order valence-electron chi connectivity index (χ1n) is 10.1. The van der Waals surface area contributed by atoms with Crippen molar-refractivity contribution in [2.75, 3.05) is 6.61 Å². The van der Waals surface area contributed by atoms with Crippen LogP contribution in [0.25, 0.3) is 0 Å². The molecule has 0 fully saturated rings. The molecule has 0 bridgehead atoms. The molecule has 4 nitrogen and oxygen atoms in total. The Labute approximate surface area is 172 Å². The van der Waals surface area contributed by atoms with Crippen LogP contribution in [0, 0.1) is 6.92 Å². The van der Waals surface area contributed by atoms with Crippen LogP contribution in [-0.4, -0.2) is 29.1 Å². The zero-order valence-electron chi connectivity index (χ0n) is 18.6. The molecule has 0 aliphatic carbocycles. The zero-order valence-corrected chi connectivity index (χ0v) is 20.4.